The summed E-state index contributed by atoms with van der Waals surface area (Å²) in [5.41, 5.74) is 8.69. The van der Waals surface area contributed by atoms with Gasteiger partial charge in [-0.15, -0.1) is 0 Å². The molecular weight excluding hydrogens is 201 g/mol. The largest absolute Gasteiger partial charge is 0.399 e. The van der Waals surface area contributed by atoms with Gasteiger partial charge in [-0.1, -0.05) is 31.2 Å². The summed E-state index contributed by atoms with van der Waals surface area (Å²) in [6.07, 6.45) is 0.991. The van der Waals surface area contributed by atoms with Crippen LogP contribution in [0.3, 0.4) is 0 Å². The second-order valence-electron chi connectivity index (χ2n) is 3.79. The van der Waals surface area contributed by atoms with Gasteiger partial charge < -0.3 is 5.73 Å². The Hall–Kier alpha value is -1.83. The number of nitrogen functional groups attached to an aromatic ring is 1. The maximum atomic E-state index is 13.6. The van der Waals surface area contributed by atoms with Gasteiger partial charge in [0, 0.05) is 11.3 Å². The highest BCUT2D eigenvalue weighted by molar-refractivity contribution is 5.66. The molecule has 1 nitrogen and oxygen atoms in total. The first-order valence-electron chi connectivity index (χ1n) is 5.35. The molecule has 0 bridgehead atoms. The number of hydrogen-bond acceptors (Lipinski definition) is 1. The molecule has 0 aliphatic rings. The number of anilines is 1. The molecule has 0 heterocycles. The van der Waals surface area contributed by atoms with E-state index in [9.17, 15) is 4.39 Å². The molecule has 0 radical (unpaired) electrons. The van der Waals surface area contributed by atoms with Crippen molar-refractivity contribution in [2.45, 2.75) is 13.3 Å². The lowest BCUT2D eigenvalue weighted by molar-refractivity contribution is 0.632. The molecular formula is C14H14FN. The topological polar surface area (TPSA) is 26.0 Å². The van der Waals surface area contributed by atoms with E-state index in [2.05, 4.69) is 6.92 Å². The molecule has 0 amide bonds. The SMILES string of the molecule is CCc1ccc(-c2ccc(N)cc2F)cc1. The fourth-order valence-corrected chi connectivity index (χ4v) is 1.69. The van der Waals surface area contributed by atoms with E-state index in [-0.39, 0.29) is 5.82 Å². The van der Waals surface area contributed by atoms with E-state index in [4.69, 9.17) is 5.73 Å². The van der Waals surface area contributed by atoms with Crippen LogP contribution in [-0.2, 0) is 6.42 Å². The summed E-state index contributed by atoms with van der Waals surface area (Å²) in [5.74, 6) is -0.274. The van der Waals surface area contributed by atoms with Crippen molar-refractivity contribution in [3.05, 3.63) is 53.8 Å². The zero-order valence-corrected chi connectivity index (χ0v) is 9.20. The molecule has 0 fully saturated rings. The van der Waals surface area contributed by atoms with Crippen molar-refractivity contribution < 1.29 is 4.39 Å². The Labute approximate surface area is 94.7 Å². The summed E-state index contributed by atoms with van der Waals surface area (Å²) < 4.78 is 13.6. The van der Waals surface area contributed by atoms with Crippen molar-refractivity contribution in [1.82, 2.24) is 0 Å². The highest BCUT2D eigenvalue weighted by Gasteiger charge is 2.04. The summed E-state index contributed by atoms with van der Waals surface area (Å²) in [4.78, 5) is 0. The van der Waals surface area contributed by atoms with Crippen LogP contribution >= 0.6 is 0 Å². The molecule has 2 N–H and O–H groups in total. The molecule has 2 heteroatoms. The number of aryl methyl sites for hydroxylation is 1. The summed E-state index contributed by atoms with van der Waals surface area (Å²) in [6.45, 7) is 2.10. The maximum Gasteiger partial charge on any atom is 0.133 e. The third kappa shape index (κ3) is 2.06. The third-order valence-electron chi connectivity index (χ3n) is 2.67. The van der Waals surface area contributed by atoms with Gasteiger partial charge in [0.2, 0.25) is 0 Å². The van der Waals surface area contributed by atoms with Gasteiger partial charge in [0.25, 0.3) is 0 Å². The lowest BCUT2D eigenvalue weighted by Gasteiger charge is -2.05. The average Bonchev–Trinajstić information content (AvgIpc) is 2.29. The molecule has 0 saturated carbocycles. The van der Waals surface area contributed by atoms with E-state index in [1.165, 1.54) is 11.6 Å². The molecule has 2 aromatic carbocycles. The van der Waals surface area contributed by atoms with Crippen LogP contribution in [0.2, 0.25) is 0 Å². The molecule has 2 aromatic rings. The second-order valence-corrected chi connectivity index (χ2v) is 3.79. The van der Waals surface area contributed by atoms with E-state index in [0.29, 0.717) is 11.3 Å². The predicted molar refractivity (Wildman–Crippen MR) is 65.6 cm³/mol. The molecule has 82 valence electrons. The summed E-state index contributed by atoms with van der Waals surface area (Å²) in [6, 6.07) is 12.7. The van der Waals surface area contributed by atoms with Crippen LogP contribution in [0.5, 0.6) is 0 Å². The fourth-order valence-electron chi connectivity index (χ4n) is 1.69. The van der Waals surface area contributed by atoms with Gasteiger partial charge in [-0.2, -0.15) is 0 Å². The minimum absolute atomic E-state index is 0.274. The lowest BCUT2D eigenvalue weighted by Crippen LogP contribution is -1.89. The zero-order chi connectivity index (χ0) is 11.5. The number of nitrogens with two attached hydrogens (primary N) is 1. The number of benzene rings is 2. The predicted octanol–water partition coefficient (Wildman–Crippen LogP) is 3.64. The smallest absolute Gasteiger partial charge is 0.133 e. The van der Waals surface area contributed by atoms with Crippen molar-refractivity contribution in [2.75, 3.05) is 5.73 Å². The van der Waals surface area contributed by atoms with Gasteiger partial charge in [0.15, 0.2) is 0 Å². The Morgan fingerprint density at radius 3 is 2.31 bits per heavy atom. The average molecular weight is 215 g/mol. The van der Waals surface area contributed by atoms with Crippen molar-refractivity contribution >= 4 is 5.69 Å². The molecule has 2 rings (SSSR count). The monoisotopic (exact) mass is 215 g/mol. The Balaban J connectivity index is 2.42. The Morgan fingerprint density at radius 2 is 1.75 bits per heavy atom. The van der Waals surface area contributed by atoms with Crippen molar-refractivity contribution in [3.8, 4) is 11.1 Å². The zero-order valence-electron chi connectivity index (χ0n) is 9.20. The standard InChI is InChI=1S/C14H14FN/c1-2-10-3-5-11(6-4-10)13-8-7-12(16)9-14(13)15/h3-9H,2,16H2,1H3. The maximum absolute atomic E-state index is 13.6. The van der Waals surface area contributed by atoms with Gasteiger partial charge in [-0.05, 0) is 35.7 Å². The highest BCUT2D eigenvalue weighted by atomic mass is 19.1. The molecule has 0 saturated heterocycles. The van der Waals surface area contributed by atoms with Crippen LogP contribution in [0.4, 0.5) is 10.1 Å². The first-order valence-corrected chi connectivity index (χ1v) is 5.35. The van der Waals surface area contributed by atoms with E-state index in [1.54, 1.807) is 12.1 Å². The van der Waals surface area contributed by atoms with Gasteiger partial charge >= 0.3 is 0 Å². The number of halogens is 1. The Bertz CT molecular complexity index is 489. The first-order chi connectivity index (χ1) is 7.70. The third-order valence-corrected chi connectivity index (χ3v) is 2.67. The van der Waals surface area contributed by atoms with Crippen LogP contribution in [0.1, 0.15) is 12.5 Å². The van der Waals surface area contributed by atoms with Crippen LogP contribution < -0.4 is 5.73 Å². The summed E-state index contributed by atoms with van der Waals surface area (Å²) in [5, 5.41) is 0. The Morgan fingerprint density at radius 1 is 1.06 bits per heavy atom. The normalized spacial score (nSPS) is 10.4. The van der Waals surface area contributed by atoms with Crippen molar-refractivity contribution in [1.29, 1.82) is 0 Å². The molecule has 0 aliphatic heterocycles. The van der Waals surface area contributed by atoms with Gasteiger partial charge in [-0.3, -0.25) is 0 Å². The van der Waals surface area contributed by atoms with E-state index in [1.807, 2.05) is 24.3 Å². The van der Waals surface area contributed by atoms with Crippen LogP contribution in [0.25, 0.3) is 11.1 Å². The van der Waals surface area contributed by atoms with Crippen molar-refractivity contribution in [2.24, 2.45) is 0 Å². The molecule has 0 aromatic heterocycles. The van der Waals surface area contributed by atoms with Crippen molar-refractivity contribution in [3.63, 3.8) is 0 Å². The fraction of sp³-hybridized carbons (Fsp3) is 0.143. The molecule has 16 heavy (non-hydrogen) atoms. The molecule has 0 atom stereocenters. The van der Waals surface area contributed by atoms with E-state index < -0.39 is 0 Å². The number of hydrogen-bond donors (Lipinski definition) is 1. The van der Waals surface area contributed by atoms with Crippen LogP contribution in [-0.4, -0.2) is 0 Å². The summed E-state index contributed by atoms with van der Waals surface area (Å²) in [7, 11) is 0. The quantitative estimate of drug-likeness (QED) is 0.760. The lowest BCUT2D eigenvalue weighted by atomic mass is 10.0. The van der Waals surface area contributed by atoms with Gasteiger partial charge in [0.05, 0.1) is 0 Å². The van der Waals surface area contributed by atoms with Gasteiger partial charge in [-0.25, -0.2) is 4.39 Å². The minimum atomic E-state index is -0.274. The second kappa shape index (κ2) is 4.35. The molecule has 0 spiro atoms. The molecule has 0 aliphatic carbocycles. The molecule has 0 unspecified atom stereocenters. The summed E-state index contributed by atoms with van der Waals surface area (Å²) >= 11 is 0. The van der Waals surface area contributed by atoms with Gasteiger partial charge in [0.1, 0.15) is 5.82 Å². The first kappa shape index (κ1) is 10.7. The Kier molecular flexibility index (Phi) is 2.91. The minimum Gasteiger partial charge on any atom is -0.399 e. The number of rotatable bonds is 2. The van der Waals surface area contributed by atoms with Crippen LogP contribution in [0.15, 0.2) is 42.5 Å². The van der Waals surface area contributed by atoms with E-state index >= 15 is 0 Å². The highest BCUT2D eigenvalue weighted by Crippen LogP contribution is 2.24. The van der Waals surface area contributed by atoms with E-state index in [0.717, 1.165) is 12.0 Å². The van der Waals surface area contributed by atoms with Crippen LogP contribution in [0, 0.1) is 5.82 Å².